The van der Waals surface area contributed by atoms with Crippen molar-refractivity contribution in [3.05, 3.63) is 36.7 Å². The molecule has 98 valence electrons. The van der Waals surface area contributed by atoms with Gasteiger partial charge in [-0.05, 0) is 41.4 Å². The van der Waals surface area contributed by atoms with Gasteiger partial charge in [-0.3, -0.25) is 4.68 Å². The normalized spacial score (nSPS) is 13.0. The average Bonchev–Trinajstić information content (AvgIpc) is 2.75. The first-order valence-electron chi connectivity index (χ1n) is 5.52. The van der Waals surface area contributed by atoms with Gasteiger partial charge in [-0.25, -0.2) is 0 Å². The van der Waals surface area contributed by atoms with Crippen molar-refractivity contribution < 1.29 is 5.11 Å². The van der Waals surface area contributed by atoms with E-state index in [0.717, 1.165) is 25.6 Å². The number of halogens is 2. The largest absolute Gasteiger partial charge is 0.387 e. The smallest absolute Gasteiger partial charge is 0.0938 e. The number of aromatic nitrogens is 2. The van der Waals surface area contributed by atoms with Crippen LogP contribution in [0.15, 0.2) is 9.85 Å². The first-order chi connectivity index (χ1) is 8.40. The monoisotopic (exact) mass is 348 g/mol. The van der Waals surface area contributed by atoms with Crippen LogP contribution in [-0.2, 0) is 13.5 Å². The average molecular weight is 350 g/mol. The van der Waals surface area contributed by atoms with Gasteiger partial charge in [-0.15, -0.1) is 11.3 Å². The van der Waals surface area contributed by atoms with Gasteiger partial charge in [-0.2, -0.15) is 5.10 Å². The van der Waals surface area contributed by atoms with Crippen molar-refractivity contribution in [2.75, 3.05) is 0 Å². The highest BCUT2D eigenvalue weighted by Crippen LogP contribution is 2.33. The highest BCUT2D eigenvalue weighted by Gasteiger charge is 2.18. The van der Waals surface area contributed by atoms with Crippen LogP contribution in [0.2, 0.25) is 5.02 Å². The molecule has 0 aliphatic carbocycles. The molecular weight excluding hydrogens is 336 g/mol. The fourth-order valence-electron chi connectivity index (χ4n) is 1.83. The number of aliphatic hydroxyl groups excluding tert-OH is 1. The predicted molar refractivity (Wildman–Crippen MR) is 78.4 cm³/mol. The van der Waals surface area contributed by atoms with Gasteiger partial charge in [0.05, 0.1) is 26.3 Å². The van der Waals surface area contributed by atoms with Crippen LogP contribution in [0.25, 0.3) is 0 Å². The molecule has 2 aromatic rings. The fraction of sp³-hybridized carbons (Fsp3) is 0.417. The van der Waals surface area contributed by atoms with E-state index in [2.05, 4.69) is 21.0 Å². The van der Waals surface area contributed by atoms with Gasteiger partial charge in [0.15, 0.2) is 0 Å². The molecule has 0 saturated carbocycles. The minimum absolute atomic E-state index is 0.475. The highest BCUT2D eigenvalue weighted by molar-refractivity contribution is 9.11. The van der Waals surface area contributed by atoms with E-state index in [-0.39, 0.29) is 0 Å². The Morgan fingerprint density at radius 2 is 2.22 bits per heavy atom. The Morgan fingerprint density at radius 1 is 1.56 bits per heavy atom. The second kappa shape index (κ2) is 5.33. The summed E-state index contributed by atoms with van der Waals surface area (Å²) in [6.07, 6.45) is -0.0740. The summed E-state index contributed by atoms with van der Waals surface area (Å²) in [6, 6.07) is 2.00. The minimum Gasteiger partial charge on any atom is -0.387 e. The number of rotatable bonds is 3. The summed E-state index contributed by atoms with van der Waals surface area (Å²) in [7, 11) is 1.84. The highest BCUT2D eigenvalue weighted by atomic mass is 79.9. The molecule has 2 rings (SSSR count). The van der Waals surface area contributed by atoms with Crippen molar-refractivity contribution in [1.82, 2.24) is 9.78 Å². The predicted octanol–water partition coefficient (Wildman–Crippen LogP) is 3.79. The Labute approximate surface area is 124 Å². The number of hydrogen-bond donors (Lipinski definition) is 1. The van der Waals surface area contributed by atoms with Crippen molar-refractivity contribution in [2.45, 2.75) is 26.4 Å². The number of aliphatic hydroxyl groups is 1. The second-order valence-corrected chi connectivity index (χ2v) is 7.07. The molecule has 1 unspecified atom stereocenters. The van der Waals surface area contributed by atoms with Crippen LogP contribution in [-0.4, -0.2) is 14.9 Å². The Bertz CT molecular complexity index is 559. The molecule has 0 aromatic carbocycles. The lowest BCUT2D eigenvalue weighted by atomic mass is 10.1. The lowest BCUT2D eigenvalue weighted by Gasteiger charge is -2.09. The molecule has 0 saturated heterocycles. The molecule has 1 N–H and O–H groups in total. The van der Waals surface area contributed by atoms with E-state index < -0.39 is 6.10 Å². The quantitative estimate of drug-likeness (QED) is 0.915. The van der Waals surface area contributed by atoms with E-state index in [1.807, 2.05) is 27.0 Å². The molecule has 18 heavy (non-hydrogen) atoms. The Kier molecular flexibility index (Phi) is 4.16. The van der Waals surface area contributed by atoms with Gasteiger partial charge in [0.2, 0.25) is 0 Å². The maximum atomic E-state index is 10.3. The van der Waals surface area contributed by atoms with Crippen molar-refractivity contribution in [3.63, 3.8) is 0 Å². The first-order valence-corrected chi connectivity index (χ1v) is 7.50. The molecule has 0 aliphatic rings. The van der Waals surface area contributed by atoms with Crippen molar-refractivity contribution in [1.29, 1.82) is 0 Å². The lowest BCUT2D eigenvalue weighted by molar-refractivity contribution is 0.179. The van der Waals surface area contributed by atoms with Crippen LogP contribution in [0.3, 0.4) is 0 Å². The van der Waals surface area contributed by atoms with Crippen molar-refractivity contribution in [3.8, 4) is 0 Å². The third-order valence-electron chi connectivity index (χ3n) is 2.85. The van der Waals surface area contributed by atoms with Crippen molar-refractivity contribution in [2.24, 2.45) is 7.05 Å². The van der Waals surface area contributed by atoms with Crippen LogP contribution in [0.5, 0.6) is 0 Å². The zero-order valence-corrected chi connectivity index (χ0v) is 13.5. The van der Waals surface area contributed by atoms with Crippen LogP contribution < -0.4 is 0 Å². The van der Waals surface area contributed by atoms with Crippen LogP contribution >= 0.6 is 38.9 Å². The van der Waals surface area contributed by atoms with E-state index in [9.17, 15) is 5.11 Å². The van der Waals surface area contributed by atoms with E-state index in [1.54, 1.807) is 16.0 Å². The summed E-state index contributed by atoms with van der Waals surface area (Å²) in [6.45, 7) is 3.88. The van der Waals surface area contributed by atoms with Gasteiger partial charge in [0.1, 0.15) is 0 Å². The lowest BCUT2D eigenvalue weighted by Crippen LogP contribution is -2.05. The Balaban J connectivity index is 2.23. The van der Waals surface area contributed by atoms with E-state index in [0.29, 0.717) is 11.4 Å². The SMILES string of the molecule is Cc1cc(C(O)Cc2c(Cl)c(C)nn2C)sc1Br. The van der Waals surface area contributed by atoms with Gasteiger partial charge in [-0.1, -0.05) is 11.6 Å². The van der Waals surface area contributed by atoms with Crippen molar-refractivity contribution >= 4 is 38.9 Å². The molecule has 2 aromatic heterocycles. The maximum absolute atomic E-state index is 10.3. The van der Waals surface area contributed by atoms with Gasteiger partial charge >= 0.3 is 0 Å². The van der Waals surface area contributed by atoms with E-state index in [4.69, 9.17) is 11.6 Å². The molecule has 0 radical (unpaired) electrons. The summed E-state index contributed by atoms with van der Waals surface area (Å²) in [5, 5.41) is 15.2. The number of aryl methyl sites for hydroxylation is 3. The fourth-order valence-corrected chi connectivity index (χ4v) is 3.63. The number of thiophene rings is 1. The van der Waals surface area contributed by atoms with Crippen LogP contribution in [0, 0.1) is 13.8 Å². The molecule has 0 aliphatic heterocycles. The van der Waals surface area contributed by atoms with Gasteiger partial charge < -0.3 is 5.11 Å². The minimum atomic E-state index is -0.549. The molecule has 3 nitrogen and oxygen atoms in total. The van der Waals surface area contributed by atoms with Crippen LogP contribution in [0.1, 0.15) is 27.9 Å². The molecule has 0 bridgehead atoms. The number of nitrogens with zero attached hydrogens (tertiary/aromatic N) is 2. The standard InChI is InChI=1S/C12H14BrClN2OS/c1-6-4-10(18-12(6)13)9(17)5-8-11(14)7(2)15-16(8)3/h4,9,17H,5H2,1-3H3. The Hall–Kier alpha value is -0.360. The van der Waals surface area contributed by atoms with Gasteiger partial charge in [0, 0.05) is 18.3 Å². The second-order valence-electron chi connectivity index (χ2n) is 4.30. The summed E-state index contributed by atoms with van der Waals surface area (Å²) >= 11 is 11.2. The molecule has 0 amide bonds. The summed E-state index contributed by atoms with van der Waals surface area (Å²) < 4.78 is 2.79. The molecule has 0 fully saturated rings. The van der Waals surface area contributed by atoms with Gasteiger partial charge in [0.25, 0.3) is 0 Å². The Morgan fingerprint density at radius 3 is 2.67 bits per heavy atom. The van der Waals surface area contributed by atoms with E-state index >= 15 is 0 Å². The number of hydrogen-bond acceptors (Lipinski definition) is 3. The zero-order chi connectivity index (χ0) is 13.4. The van der Waals surface area contributed by atoms with E-state index in [1.165, 1.54) is 0 Å². The third-order valence-corrected chi connectivity index (χ3v) is 5.58. The molecule has 2 heterocycles. The molecular formula is C12H14BrClN2OS. The zero-order valence-electron chi connectivity index (χ0n) is 10.4. The molecule has 0 spiro atoms. The summed E-state index contributed by atoms with van der Waals surface area (Å²) in [5.41, 5.74) is 2.80. The molecule has 6 heteroatoms. The third kappa shape index (κ3) is 2.64. The molecule has 1 atom stereocenters. The van der Waals surface area contributed by atoms with Crippen LogP contribution in [0.4, 0.5) is 0 Å². The first kappa shape index (κ1) is 14.1. The summed E-state index contributed by atoms with van der Waals surface area (Å²) in [4.78, 5) is 0.939. The topological polar surface area (TPSA) is 38.1 Å². The summed E-state index contributed by atoms with van der Waals surface area (Å²) in [5.74, 6) is 0. The maximum Gasteiger partial charge on any atom is 0.0938 e.